The second-order valence-electron chi connectivity index (χ2n) is 16.4. The van der Waals surface area contributed by atoms with Crippen LogP contribution in [0.25, 0.3) is 55.3 Å². The van der Waals surface area contributed by atoms with E-state index < -0.39 is 0 Å². The van der Waals surface area contributed by atoms with Crippen LogP contribution in [0.3, 0.4) is 0 Å². The molecule has 0 unspecified atom stereocenters. The summed E-state index contributed by atoms with van der Waals surface area (Å²) >= 11 is 0. The van der Waals surface area contributed by atoms with Crippen LogP contribution in [-0.2, 0) is 10.8 Å². The van der Waals surface area contributed by atoms with Crippen LogP contribution < -0.4 is 4.90 Å². The van der Waals surface area contributed by atoms with Crippen LogP contribution >= 0.6 is 0 Å². The van der Waals surface area contributed by atoms with E-state index in [1.807, 2.05) is 0 Å². The van der Waals surface area contributed by atoms with Crippen molar-refractivity contribution in [3.63, 3.8) is 0 Å². The van der Waals surface area contributed by atoms with E-state index in [1.165, 1.54) is 115 Å². The monoisotopic (exact) mass is 705 g/mol. The first-order valence-electron chi connectivity index (χ1n) is 20.0. The van der Waals surface area contributed by atoms with Crippen molar-refractivity contribution >= 4 is 27.8 Å². The van der Waals surface area contributed by atoms with E-state index in [0.717, 1.165) is 5.69 Å². The lowest BCUT2D eigenvalue weighted by Gasteiger charge is -2.31. The van der Waals surface area contributed by atoms with E-state index >= 15 is 0 Å². The van der Waals surface area contributed by atoms with Crippen LogP contribution in [0, 0.1) is 0 Å². The average Bonchev–Trinajstić information content (AvgIpc) is 3.91. The number of para-hydroxylation sites is 1. The van der Waals surface area contributed by atoms with Gasteiger partial charge in [0.25, 0.3) is 0 Å². The Morgan fingerprint density at radius 3 is 1.85 bits per heavy atom. The summed E-state index contributed by atoms with van der Waals surface area (Å²) in [7, 11) is 0. The zero-order valence-electron chi connectivity index (χ0n) is 31.5. The predicted molar refractivity (Wildman–Crippen MR) is 232 cm³/mol. The Bertz CT molecular complexity index is 2810. The molecule has 1 nitrogen and oxygen atoms in total. The Balaban J connectivity index is 1.14. The predicted octanol–water partition coefficient (Wildman–Crippen LogP) is 14.8. The first-order valence-corrected chi connectivity index (χ1v) is 20.0. The molecule has 11 rings (SSSR count). The van der Waals surface area contributed by atoms with Crippen molar-refractivity contribution in [2.45, 2.75) is 50.4 Å². The van der Waals surface area contributed by atoms with E-state index in [1.54, 1.807) is 0 Å². The molecule has 264 valence electrons. The van der Waals surface area contributed by atoms with Crippen LogP contribution in [0.15, 0.2) is 176 Å². The fourth-order valence-electron chi connectivity index (χ4n) is 10.8. The smallest absolute Gasteiger partial charge is 0.0540 e. The number of benzene rings is 8. The summed E-state index contributed by atoms with van der Waals surface area (Å²) in [5.41, 5.74) is 19.9. The van der Waals surface area contributed by atoms with Crippen molar-refractivity contribution in [3.8, 4) is 44.5 Å². The first kappa shape index (κ1) is 32.3. The highest BCUT2D eigenvalue weighted by molar-refractivity contribution is 6.02. The number of hydrogen-bond donors (Lipinski definition) is 0. The molecule has 0 aromatic heterocycles. The summed E-state index contributed by atoms with van der Waals surface area (Å²) in [5, 5.41) is 2.52. The van der Waals surface area contributed by atoms with Gasteiger partial charge < -0.3 is 4.90 Å². The summed E-state index contributed by atoms with van der Waals surface area (Å²) < 4.78 is 0. The molecule has 8 aromatic rings. The third kappa shape index (κ3) is 4.72. The van der Waals surface area contributed by atoms with Crippen molar-refractivity contribution in [1.82, 2.24) is 0 Å². The second kappa shape index (κ2) is 12.2. The van der Waals surface area contributed by atoms with Gasteiger partial charge >= 0.3 is 0 Å². The molecule has 8 aromatic carbocycles. The van der Waals surface area contributed by atoms with Crippen molar-refractivity contribution in [3.05, 3.63) is 198 Å². The molecular weight excluding hydrogens is 663 g/mol. The molecule has 0 amide bonds. The summed E-state index contributed by atoms with van der Waals surface area (Å²) in [5.74, 6) is 0. The number of fused-ring (bicyclic) bond motifs is 9. The maximum Gasteiger partial charge on any atom is 0.0540 e. The highest BCUT2D eigenvalue weighted by Gasteiger charge is 2.45. The summed E-state index contributed by atoms with van der Waals surface area (Å²) in [6, 6.07) is 66.2. The van der Waals surface area contributed by atoms with E-state index in [-0.39, 0.29) is 10.8 Å². The summed E-state index contributed by atoms with van der Waals surface area (Å²) in [6.07, 6.45) is 4.96. The van der Waals surface area contributed by atoms with Crippen LogP contribution in [0.5, 0.6) is 0 Å². The molecule has 55 heavy (non-hydrogen) atoms. The summed E-state index contributed by atoms with van der Waals surface area (Å²) in [6.45, 7) is 4.78. The van der Waals surface area contributed by atoms with Crippen molar-refractivity contribution in [1.29, 1.82) is 0 Å². The fourth-order valence-corrected chi connectivity index (χ4v) is 10.8. The molecule has 3 aliphatic carbocycles. The second-order valence-corrected chi connectivity index (χ2v) is 16.4. The third-order valence-electron chi connectivity index (χ3n) is 13.2. The number of rotatable bonds is 5. The molecule has 1 heteroatoms. The Labute approximate surface area is 324 Å². The van der Waals surface area contributed by atoms with Gasteiger partial charge in [-0.15, -0.1) is 0 Å². The zero-order chi connectivity index (χ0) is 36.7. The van der Waals surface area contributed by atoms with Crippen molar-refractivity contribution in [2.75, 3.05) is 4.90 Å². The zero-order valence-corrected chi connectivity index (χ0v) is 31.5. The maximum absolute atomic E-state index is 2.55. The molecule has 1 saturated carbocycles. The normalized spacial score (nSPS) is 15.5. The van der Waals surface area contributed by atoms with Gasteiger partial charge in [-0.25, -0.2) is 0 Å². The van der Waals surface area contributed by atoms with Crippen LogP contribution in [0.4, 0.5) is 17.1 Å². The Kier molecular flexibility index (Phi) is 7.14. The van der Waals surface area contributed by atoms with Crippen molar-refractivity contribution < 1.29 is 0 Å². The quantitative estimate of drug-likeness (QED) is 0.172. The lowest BCUT2D eigenvalue weighted by molar-refractivity contribution is 0.550. The van der Waals surface area contributed by atoms with Crippen LogP contribution in [0.2, 0.25) is 0 Å². The van der Waals surface area contributed by atoms with E-state index in [0.29, 0.717) is 0 Å². The summed E-state index contributed by atoms with van der Waals surface area (Å²) in [4.78, 5) is 2.54. The molecule has 0 saturated heterocycles. The van der Waals surface area contributed by atoms with Crippen LogP contribution in [0.1, 0.15) is 61.8 Å². The Hall–Kier alpha value is -6.18. The molecule has 0 aliphatic heterocycles. The molecule has 3 aliphatic rings. The van der Waals surface area contributed by atoms with Gasteiger partial charge in [0.15, 0.2) is 0 Å². The Morgan fingerprint density at radius 1 is 0.418 bits per heavy atom. The molecular formula is C54H43N. The average molecular weight is 706 g/mol. The Morgan fingerprint density at radius 2 is 1.00 bits per heavy atom. The van der Waals surface area contributed by atoms with Crippen LogP contribution in [-0.4, -0.2) is 0 Å². The molecule has 0 bridgehead atoms. The van der Waals surface area contributed by atoms with Crippen molar-refractivity contribution in [2.24, 2.45) is 0 Å². The largest absolute Gasteiger partial charge is 0.310 e. The third-order valence-corrected chi connectivity index (χ3v) is 13.2. The number of hydrogen-bond acceptors (Lipinski definition) is 1. The van der Waals surface area contributed by atoms with Gasteiger partial charge in [-0.05, 0) is 115 Å². The minimum atomic E-state index is -0.107. The number of nitrogens with zero attached hydrogens (tertiary/aromatic N) is 1. The highest BCUT2D eigenvalue weighted by atomic mass is 15.1. The van der Waals surface area contributed by atoms with E-state index in [4.69, 9.17) is 0 Å². The van der Waals surface area contributed by atoms with E-state index in [2.05, 4.69) is 195 Å². The fraction of sp³-hybridized carbons (Fsp3) is 0.148. The van der Waals surface area contributed by atoms with Gasteiger partial charge in [-0.2, -0.15) is 0 Å². The van der Waals surface area contributed by atoms with E-state index in [9.17, 15) is 0 Å². The standard InChI is InChI=1S/C54H43N/c1-53(2)48-27-8-5-22-44(48)47-26-15-24-41(52(47)53)37-18-13-19-38(34-37)55(51-29-10-7-23-46(51)42-25-14-17-36-16-3-4-20-40(36)42)39-30-31-45-43-21-6-9-28-49(43)54(50(45)35-39)32-11-12-33-54/h3-10,13-31,34-35H,11-12,32-33H2,1-2H3. The highest BCUT2D eigenvalue weighted by Crippen LogP contribution is 2.58. The van der Waals surface area contributed by atoms with Gasteiger partial charge in [0.1, 0.15) is 0 Å². The maximum atomic E-state index is 2.55. The van der Waals surface area contributed by atoms with Gasteiger partial charge in [0, 0.05) is 27.8 Å². The lowest BCUT2D eigenvalue weighted by Crippen LogP contribution is -2.21. The number of anilines is 3. The minimum absolute atomic E-state index is 0.0792. The molecule has 0 atom stereocenters. The molecule has 0 radical (unpaired) electrons. The molecule has 1 spiro atoms. The van der Waals surface area contributed by atoms with Gasteiger partial charge in [-0.3, -0.25) is 0 Å². The SMILES string of the molecule is CC1(C)c2ccccc2-c2cccc(-c3cccc(N(c4ccc5c(c4)C4(CCCC4)c4ccccc4-5)c4ccccc4-c4cccc5ccccc45)c3)c21. The lowest BCUT2D eigenvalue weighted by atomic mass is 9.76. The minimum Gasteiger partial charge on any atom is -0.310 e. The molecule has 1 fully saturated rings. The van der Waals surface area contributed by atoms with Gasteiger partial charge in [0.05, 0.1) is 5.69 Å². The molecule has 0 N–H and O–H groups in total. The topological polar surface area (TPSA) is 3.24 Å². The molecule has 0 heterocycles. The van der Waals surface area contributed by atoms with Gasteiger partial charge in [0.2, 0.25) is 0 Å². The van der Waals surface area contributed by atoms with Gasteiger partial charge in [-0.1, -0.05) is 172 Å². The first-order chi connectivity index (χ1) is 27.0.